The summed E-state index contributed by atoms with van der Waals surface area (Å²) in [6.07, 6.45) is 2.07. The lowest BCUT2D eigenvalue weighted by Gasteiger charge is -2.35. The van der Waals surface area contributed by atoms with Gasteiger partial charge in [-0.15, -0.1) is 0 Å². The Balaban J connectivity index is -0.000000815. The topological polar surface area (TPSA) is 124 Å². The Hall–Kier alpha value is -3.38. The molecule has 2 N–H and O–H groups in total. The zero-order chi connectivity index (χ0) is 40.7. The zero-order valence-corrected chi connectivity index (χ0v) is 35.8. The smallest absolute Gasteiger partial charge is 0.319 e. The molecule has 0 bridgehead atoms. The Morgan fingerprint density at radius 2 is 1.33 bits per heavy atom. The van der Waals surface area contributed by atoms with E-state index in [4.69, 9.17) is 9.47 Å². The van der Waals surface area contributed by atoms with Crippen molar-refractivity contribution in [2.24, 2.45) is 5.41 Å². The van der Waals surface area contributed by atoms with Crippen LogP contribution in [0.15, 0.2) is 18.2 Å². The number of carbonyl (C=O) groups excluding carboxylic acids is 4. The van der Waals surface area contributed by atoms with Gasteiger partial charge in [0.2, 0.25) is 18.2 Å². The Bertz CT molecular complexity index is 1130. The van der Waals surface area contributed by atoms with Gasteiger partial charge in [-0.1, -0.05) is 54.5 Å². The van der Waals surface area contributed by atoms with Crippen LogP contribution in [0.3, 0.4) is 0 Å². The van der Waals surface area contributed by atoms with Gasteiger partial charge in [-0.2, -0.15) is 0 Å². The van der Waals surface area contributed by atoms with Crippen molar-refractivity contribution in [2.75, 3.05) is 69.1 Å². The number of hydrogen-bond acceptors (Lipinski definition) is 7. The molecule has 3 rings (SSSR count). The molecule has 1 aromatic rings. The molecule has 51 heavy (non-hydrogen) atoms. The number of likely N-dealkylation sites (tertiary alicyclic amines) is 2. The number of rotatable bonds is 6. The number of nitrogens with one attached hydrogen (secondary N) is 2. The number of urea groups is 1. The Kier molecular flexibility index (Phi) is 26.9. The summed E-state index contributed by atoms with van der Waals surface area (Å²) in [6, 6.07) is 5.36. The second kappa shape index (κ2) is 26.4. The first kappa shape index (κ1) is 52.0. The highest BCUT2D eigenvalue weighted by molar-refractivity contribution is 5.90. The molecular weight excluding hydrogens is 648 g/mol. The number of amides is 5. The van der Waals surface area contributed by atoms with Gasteiger partial charge in [0.1, 0.15) is 11.8 Å². The SMILES string of the molecule is CC.CC.CN(C=O)CC(=O)NC(C(=O)N1CCC2C1CCN2C(=O)N(C)C)C(C)(C)C.CNC.COC(C)(C)C.COc1ccc(C)c(C)c1. The third-order valence-corrected chi connectivity index (χ3v) is 7.81. The van der Waals surface area contributed by atoms with Gasteiger partial charge in [0.25, 0.3) is 0 Å². The standard InChI is InChI=1S/C19H33N5O4.C9H12O.C5H12O.C2H7N.2C2H6/c1-19(2,3)16(20-15(26)11-22(6)12-25)17(27)23-9-7-14-13(23)8-10-24(14)18(28)21(4)5;1-7-4-5-9(10-3)6-8(7)2;1-5(2,3)6-4;1-3-2;2*1-2/h12-14,16H,7-11H2,1-6H3,(H,20,26);4-6H,1-3H3;1-4H3;3H,1-2H3;2*1-2H3. The van der Waals surface area contributed by atoms with Crippen molar-refractivity contribution in [1.29, 1.82) is 0 Å². The maximum Gasteiger partial charge on any atom is 0.319 e. The van der Waals surface area contributed by atoms with E-state index in [0.29, 0.717) is 19.5 Å². The molecule has 0 spiro atoms. The third-order valence-electron chi connectivity index (χ3n) is 7.81. The van der Waals surface area contributed by atoms with Crippen molar-refractivity contribution in [1.82, 2.24) is 30.2 Å². The van der Waals surface area contributed by atoms with E-state index in [0.717, 1.165) is 18.6 Å². The first-order chi connectivity index (χ1) is 23.7. The summed E-state index contributed by atoms with van der Waals surface area (Å²) in [5.41, 5.74) is 2.14. The molecule has 2 fully saturated rings. The van der Waals surface area contributed by atoms with Crippen LogP contribution in [0.5, 0.6) is 5.75 Å². The highest BCUT2D eigenvalue weighted by atomic mass is 16.5. The molecule has 5 amide bonds. The van der Waals surface area contributed by atoms with Crippen molar-refractivity contribution in [3.05, 3.63) is 29.3 Å². The first-order valence-corrected chi connectivity index (χ1v) is 18.2. The van der Waals surface area contributed by atoms with Gasteiger partial charge in [-0.3, -0.25) is 14.4 Å². The molecule has 1 aromatic carbocycles. The lowest BCUT2D eigenvalue weighted by molar-refractivity contribution is -0.140. The number of carbonyl (C=O) groups is 4. The molecule has 3 unspecified atom stereocenters. The largest absolute Gasteiger partial charge is 0.497 e. The molecule has 2 aliphatic rings. The molecular formula is C39H76N6O6. The average Bonchev–Trinajstić information content (AvgIpc) is 3.69. The van der Waals surface area contributed by atoms with E-state index in [2.05, 4.69) is 30.5 Å². The van der Waals surface area contributed by atoms with Crippen molar-refractivity contribution >= 4 is 24.3 Å². The summed E-state index contributed by atoms with van der Waals surface area (Å²) in [4.78, 5) is 55.3. The zero-order valence-electron chi connectivity index (χ0n) is 35.8. The van der Waals surface area contributed by atoms with Crippen LogP contribution in [0.1, 0.15) is 93.2 Å². The number of benzene rings is 1. The maximum absolute atomic E-state index is 13.4. The molecule has 12 nitrogen and oxygen atoms in total. The van der Waals surface area contributed by atoms with E-state index >= 15 is 0 Å². The fourth-order valence-electron chi connectivity index (χ4n) is 4.88. The Morgan fingerprint density at radius 3 is 1.71 bits per heavy atom. The summed E-state index contributed by atoms with van der Waals surface area (Å²) in [5.74, 6) is 0.443. The average molecular weight is 725 g/mol. The number of ether oxygens (including phenoxy) is 2. The molecule has 2 heterocycles. The molecule has 2 saturated heterocycles. The first-order valence-electron chi connectivity index (χ1n) is 18.2. The van der Waals surface area contributed by atoms with Crippen molar-refractivity contribution in [3.8, 4) is 5.75 Å². The van der Waals surface area contributed by atoms with Crippen LogP contribution < -0.4 is 15.4 Å². The van der Waals surface area contributed by atoms with Crippen LogP contribution in [-0.4, -0.2) is 137 Å². The fourth-order valence-corrected chi connectivity index (χ4v) is 4.88. The van der Waals surface area contributed by atoms with E-state index in [9.17, 15) is 19.2 Å². The normalized spacial score (nSPS) is 16.2. The quantitative estimate of drug-likeness (QED) is 0.367. The highest BCUT2D eigenvalue weighted by Crippen LogP contribution is 2.34. The molecule has 12 heteroatoms. The molecule has 298 valence electrons. The Labute approximate surface area is 312 Å². The van der Waals surface area contributed by atoms with Crippen LogP contribution >= 0.6 is 0 Å². The highest BCUT2D eigenvalue weighted by Gasteiger charge is 2.49. The van der Waals surface area contributed by atoms with Gasteiger partial charge < -0.3 is 39.7 Å². The summed E-state index contributed by atoms with van der Waals surface area (Å²) in [5, 5.41) is 5.56. The molecule has 2 aliphatic heterocycles. The number of fused-ring (bicyclic) bond motifs is 1. The number of methoxy groups -OCH3 is 2. The molecule has 0 aromatic heterocycles. The van der Waals surface area contributed by atoms with E-state index in [-0.39, 0.29) is 42.1 Å². The summed E-state index contributed by atoms with van der Waals surface area (Å²) >= 11 is 0. The van der Waals surface area contributed by atoms with E-state index in [1.807, 2.05) is 105 Å². The van der Waals surface area contributed by atoms with E-state index < -0.39 is 11.5 Å². The van der Waals surface area contributed by atoms with E-state index in [1.165, 1.54) is 23.1 Å². The minimum Gasteiger partial charge on any atom is -0.497 e. The number of hydrogen-bond donors (Lipinski definition) is 2. The monoisotopic (exact) mass is 725 g/mol. The summed E-state index contributed by atoms with van der Waals surface area (Å²) in [6.45, 7) is 25.1. The van der Waals surface area contributed by atoms with E-state index in [1.54, 1.807) is 33.2 Å². The number of aryl methyl sites for hydroxylation is 2. The van der Waals surface area contributed by atoms with Crippen LogP contribution in [0.25, 0.3) is 0 Å². The Morgan fingerprint density at radius 1 is 0.882 bits per heavy atom. The lowest BCUT2D eigenvalue weighted by Crippen LogP contribution is -2.57. The van der Waals surface area contributed by atoms with Crippen LogP contribution in [0, 0.1) is 19.3 Å². The van der Waals surface area contributed by atoms with Gasteiger partial charge in [0.15, 0.2) is 0 Å². The second-order valence-electron chi connectivity index (χ2n) is 14.3. The van der Waals surface area contributed by atoms with Crippen molar-refractivity contribution < 1.29 is 28.7 Å². The van der Waals surface area contributed by atoms with Crippen molar-refractivity contribution in [3.63, 3.8) is 0 Å². The van der Waals surface area contributed by atoms with Gasteiger partial charge in [0.05, 0.1) is 31.3 Å². The van der Waals surface area contributed by atoms with Gasteiger partial charge in [-0.25, -0.2) is 4.79 Å². The lowest BCUT2D eigenvalue weighted by atomic mass is 9.85. The number of nitrogens with zero attached hydrogens (tertiary/aromatic N) is 4. The third kappa shape index (κ3) is 19.7. The minimum absolute atomic E-state index is 0.0178. The van der Waals surface area contributed by atoms with Gasteiger partial charge >= 0.3 is 6.03 Å². The van der Waals surface area contributed by atoms with Crippen molar-refractivity contribution in [2.45, 2.75) is 120 Å². The maximum atomic E-state index is 13.4. The van der Waals surface area contributed by atoms with Crippen LogP contribution in [0.2, 0.25) is 0 Å². The molecule has 0 saturated carbocycles. The summed E-state index contributed by atoms with van der Waals surface area (Å²) < 4.78 is 9.99. The van der Waals surface area contributed by atoms with Gasteiger partial charge in [0, 0.05) is 41.3 Å². The number of likely N-dealkylation sites (N-methyl/N-ethyl adjacent to an activating group) is 1. The predicted octanol–water partition coefficient (Wildman–Crippen LogP) is 5.59. The molecule has 0 aliphatic carbocycles. The second-order valence-corrected chi connectivity index (χ2v) is 14.3. The molecule has 3 atom stereocenters. The molecule has 0 radical (unpaired) electrons. The van der Waals surface area contributed by atoms with Crippen LogP contribution in [-0.2, 0) is 19.1 Å². The fraction of sp³-hybridized carbons (Fsp3) is 0.744. The predicted molar refractivity (Wildman–Crippen MR) is 211 cm³/mol. The van der Waals surface area contributed by atoms with Crippen LogP contribution in [0.4, 0.5) is 4.79 Å². The summed E-state index contributed by atoms with van der Waals surface area (Å²) in [7, 11) is 12.1. The minimum atomic E-state index is -0.697. The van der Waals surface area contributed by atoms with Gasteiger partial charge in [-0.05, 0) is 90.2 Å².